The first-order valence-electron chi connectivity index (χ1n) is 4.68. The van der Waals surface area contributed by atoms with E-state index in [9.17, 15) is 4.79 Å². The van der Waals surface area contributed by atoms with Gasteiger partial charge in [-0.2, -0.15) is 0 Å². The van der Waals surface area contributed by atoms with Crippen molar-refractivity contribution < 1.29 is 14.3 Å². The van der Waals surface area contributed by atoms with Gasteiger partial charge in [-0.25, -0.2) is 4.79 Å². The van der Waals surface area contributed by atoms with Gasteiger partial charge in [-0.15, -0.1) is 0 Å². The molecule has 0 aromatic carbocycles. The van der Waals surface area contributed by atoms with Crippen molar-refractivity contribution in [1.82, 2.24) is 4.98 Å². The maximum Gasteiger partial charge on any atom is 0.371 e. The Balaban J connectivity index is 2.21. The number of carboxylic acid groups (broad SMARTS) is 1. The van der Waals surface area contributed by atoms with E-state index in [1.807, 2.05) is 13.0 Å². The molecule has 16 heavy (non-hydrogen) atoms. The summed E-state index contributed by atoms with van der Waals surface area (Å²) in [7, 11) is 0. The highest BCUT2D eigenvalue weighted by Gasteiger charge is 2.09. The second kappa shape index (κ2) is 4.06. The van der Waals surface area contributed by atoms with Crippen molar-refractivity contribution in [3.8, 4) is 0 Å². The minimum Gasteiger partial charge on any atom is -0.475 e. The fraction of sp³-hybridized carbons (Fsp3) is 0.0909. The summed E-state index contributed by atoms with van der Waals surface area (Å²) in [5.74, 6) is -0.798. The summed E-state index contributed by atoms with van der Waals surface area (Å²) in [5, 5.41) is 11.6. The van der Waals surface area contributed by atoms with Crippen LogP contribution < -0.4 is 5.32 Å². The molecule has 2 N–H and O–H groups in total. The SMILES string of the molecule is Cc1ncccc1Nc1ccc(C(=O)O)o1. The zero-order valence-corrected chi connectivity index (χ0v) is 8.60. The van der Waals surface area contributed by atoms with E-state index in [1.54, 1.807) is 18.3 Å². The first-order valence-corrected chi connectivity index (χ1v) is 4.68. The van der Waals surface area contributed by atoms with Crippen molar-refractivity contribution in [1.29, 1.82) is 0 Å². The zero-order chi connectivity index (χ0) is 11.5. The Bertz CT molecular complexity index is 519. The molecule has 0 fully saturated rings. The predicted molar refractivity (Wildman–Crippen MR) is 57.9 cm³/mol. The van der Waals surface area contributed by atoms with Gasteiger partial charge in [0.25, 0.3) is 0 Å². The number of anilines is 2. The molecule has 5 heteroatoms. The fourth-order valence-electron chi connectivity index (χ4n) is 1.27. The molecule has 0 unspecified atom stereocenters. The molecule has 0 bridgehead atoms. The van der Waals surface area contributed by atoms with Gasteiger partial charge in [-0.3, -0.25) is 4.98 Å². The summed E-state index contributed by atoms with van der Waals surface area (Å²) in [5.41, 5.74) is 1.60. The number of hydrogen-bond acceptors (Lipinski definition) is 4. The van der Waals surface area contributed by atoms with Crippen LogP contribution in [0.1, 0.15) is 16.2 Å². The number of carboxylic acids is 1. The van der Waals surface area contributed by atoms with Gasteiger partial charge >= 0.3 is 5.97 Å². The van der Waals surface area contributed by atoms with Crippen molar-refractivity contribution in [3.63, 3.8) is 0 Å². The number of aromatic carboxylic acids is 1. The van der Waals surface area contributed by atoms with Crippen molar-refractivity contribution in [2.24, 2.45) is 0 Å². The molecule has 2 heterocycles. The summed E-state index contributed by atoms with van der Waals surface area (Å²) < 4.78 is 5.07. The van der Waals surface area contributed by atoms with E-state index < -0.39 is 5.97 Å². The van der Waals surface area contributed by atoms with Gasteiger partial charge in [0, 0.05) is 12.3 Å². The average Bonchev–Trinajstić information content (AvgIpc) is 2.70. The van der Waals surface area contributed by atoms with Gasteiger partial charge in [0.2, 0.25) is 5.76 Å². The summed E-state index contributed by atoms with van der Waals surface area (Å²) >= 11 is 0. The number of nitrogens with one attached hydrogen (secondary N) is 1. The van der Waals surface area contributed by atoms with Crippen LogP contribution in [0, 0.1) is 6.92 Å². The zero-order valence-electron chi connectivity index (χ0n) is 8.60. The molecule has 0 aliphatic heterocycles. The number of furan rings is 1. The normalized spacial score (nSPS) is 10.1. The van der Waals surface area contributed by atoms with Crippen LogP contribution in [-0.2, 0) is 0 Å². The van der Waals surface area contributed by atoms with Crippen molar-refractivity contribution in [2.45, 2.75) is 6.92 Å². The van der Waals surface area contributed by atoms with Crippen LogP contribution in [0.2, 0.25) is 0 Å². The van der Waals surface area contributed by atoms with Crippen LogP contribution in [0.5, 0.6) is 0 Å². The van der Waals surface area contributed by atoms with E-state index in [2.05, 4.69) is 10.3 Å². The first-order chi connectivity index (χ1) is 7.66. The molecule has 2 aromatic rings. The smallest absolute Gasteiger partial charge is 0.371 e. The molecule has 0 amide bonds. The summed E-state index contributed by atoms with van der Waals surface area (Å²) in [6, 6.07) is 6.59. The Morgan fingerprint density at radius 2 is 2.25 bits per heavy atom. The lowest BCUT2D eigenvalue weighted by molar-refractivity contribution is 0.0663. The lowest BCUT2D eigenvalue weighted by atomic mass is 10.3. The Labute approximate surface area is 91.7 Å². The van der Waals surface area contributed by atoms with E-state index in [0.717, 1.165) is 11.4 Å². The highest BCUT2D eigenvalue weighted by atomic mass is 16.4. The molecule has 82 valence electrons. The van der Waals surface area contributed by atoms with Gasteiger partial charge in [0.1, 0.15) is 0 Å². The fourth-order valence-corrected chi connectivity index (χ4v) is 1.27. The molecule has 0 spiro atoms. The van der Waals surface area contributed by atoms with Gasteiger partial charge in [-0.05, 0) is 25.1 Å². The standard InChI is InChI=1S/C11H10N2O3/c1-7-8(3-2-6-12-7)13-10-5-4-9(16-10)11(14)15/h2-6,13H,1H3,(H,14,15). The Kier molecular flexibility index (Phi) is 2.59. The van der Waals surface area contributed by atoms with E-state index in [1.165, 1.54) is 6.07 Å². The summed E-state index contributed by atoms with van der Waals surface area (Å²) in [6.07, 6.45) is 1.69. The number of nitrogens with zero attached hydrogens (tertiary/aromatic N) is 1. The molecular weight excluding hydrogens is 208 g/mol. The molecule has 0 saturated carbocycles. The summed E-state index contributed by atoms with van der Waals surface area (Å²) in [6.45, 7) is 1.85. The van der Waals surface area contributed by atoms with Crippen LogP contribution in [0.15, 0.2) is 34.9 Å². The minimum atomic E-state index is -1.09. The number of hydrogen-bond donors (Lipinski definition) is 2. The van der Waals surface area contributed by atoms with Crippen LogP contribution in [0.4, 0.5) is 11.6 Å². The van der Waals surface area contributed by atoms with Gasteiger partial charge in [0.05, 0.1) is 11.4 Å². The molecule has 5 nitrogen and oxygen atoms in total. The van der Waals surface area contributed by atoms with Gasteiger partial charge in [-0.1, -0.05) is 0 Å². The van der Waals surface area contributed by atoms with E-state index in [-0.39, 0.29) is 5.76 Å². The average molecular weight is 218 g/mol. The monoisotopic (exact) mass is 218 g/mol. The molecular formula is C11H10N2O3. The third kappa shape index (κ3) is 2.03. The highest BCUT2D eigenvalue weighted by Crippen LogP contribution is 2.20. The molecule has 0 atom stereocenters. The summed E-state index contributed by atoms with van der Waals surface area (Å²) in [4.78, 5) is 14.7. The van der Waals surface area contributed by atoms with E-state index >= 15 is 0 Å². The maximum absolute atomic E-state index is 10.6. The van der Waals surface area contributed by atoms with Gasteiger partial charge < -0.3 is 14.8 Å². The molecule has 2 rings (SSSR count). The third-order valence-electron chi connectivity index (χ3n) is 2.08. The Hall–Kier alpha value is -2.30. The number of pyridine rings is 1. The second-order valence-corrected chi connectivity index (χ2v) is 3.23. The molecule has 0 saturated heterocycles. The lowest BCUT2D eigenvalue weighted by Crippen LogP contribution is -1.94. The second-order valence-electron chi connectivity index (χ2n) is 3.23. The quantitative estimate of drug-likeness (QED) is 0.827. The Morgan fingerprint density at radius 3 is 2.88 bits per heavy atom. The van der Waals surface area contributed by atoms with Crippen LogP contribution in [0.25, 0.3) is 0 Å². The molecule has 2 aromatic heterocycles. The number of aryl methyl sites for hydroxylation is 1. The molecule has 0 aliphatic carbocycles. The molecule has 0 aliphatic rings. The number of carbonyl (C=O) groups is 1. The minimum absolute atomic E-state index is 0.0935. The Morgan fingerprint density at radius 1 is 1.44 bits per heavy atom. The first kappa shape index (κ1) is 10.2. The lowest BCUT2D eigenvalue weighted by Gasteiger charge is -2.04. The highest BCUT2D eigenvalue weighted by molar-refractivity contribution is 5.85. The molecule has 0 radical (unpaired) electrons. The van der Waals surface area contributed by atoms with Crippen molar-refractivity contribution >= 4 is 17.5 Å². The van der Waals surface area contributed by atoms with E-state index in [0.29, 0.717) is 5.88 Å². The van der Waals surface area contributed by atoms with Crippen LogP contribution in [-0.4, -0.2) is 16.1 Å². The van der Waals surface area contributed by atoms with Crippen LogP contribution >= 0.6 is 0 Å². The van der Waals surface area contributed by atoms with Crippen molar-refractivity contribution in [3.05, 3.63) is 41.9 Å². The predicted octanol–water partition coefficient (Wildman–Crippen LogP) is 2.42. The largest absolute Gasteiger partial charge is 0.475 e. The topological polar surface area (TPSA) is 75.4 Å². The van der Waals surface area contributed by atoms with E-state index in [4.69, 9.17) is 9.52 Å². The van der Waals surface area contributed by atoms with Crippen LogP contribution in [0.3, 0.4) is 0 Å². The third-order valence-corrected chi connectivity index (χ3v) is 2.08. The van der Waals surface area contributed by atoms with Gasteiger partial charge in [0.15, 0.2) is 5.88 Å². The van der Waals surface area contributed by atoms with Crippen molar-refractivity contribution in [2.75, 3.05) is 5.32 Å². The number of rotatable bonds is 3. The number of aromatic nitrogens is 1. The maximum atomic E-state index is 10.6.